The molecular weight excluding hydrogens is 556 g/mol. The van der Waals surface area contributed by atoms with E-state index < -0.39 is 6.55 Å². The molecule has 0 aromatic carbocycles. The summed E-state index contributed by atoms with van der Waals surface area (Å²) in [5.74, 6) is 0.892. The number of pyridine rings is 3. The predicted octanol–water partition coefficient (Wildman–Crippen LogP) is 5.04. The van der Waals surface area contributed by atoms with Gasteiger partial charge in [-0.1, -0.05) is 6.07 Å². The molecule has 214 valence electrons. The molecule has 2 unspecified atom stereocenters. The Morgan fingerprint density at radius 3 is 2.60 bits per heavy atom. The summed E-state index contributed by atoms with van der Waals surface area (Å²) in [6.07, 6.45) is 13.3. The standard InChI is InChI=1S/C30H29F2N9S/c1-42-28-7-2-19(11-36-28)15-40-24-4-5-25(40)18-39(17-24)27-6-3-20(12-35-27)26-8-21(22(9-33)13-37-30(31)32)16-41-29(26)23(10-34)14-38-41/h2-3,6-9,11-14,16,24-25,30,33,37H,4-5,15,17-18H2,1H3/b22-13+,33-9?. The molecule has 2 aliphatic heterocycles. The maximum Gasteiger partial charge on any atom is 0.312 e. The van der Waals surface area contributed by atoms with E-state index in [1.54, 1.807) is 30.2 Å². The molecule has 2 N–H and O–H groups in total. The van der Waals surface area contributed by atoms with Crippen LogP contribution in [0.3, 0.4) is 0 Å². The second-order valence-corrected chi connectivity index (χ2v) is 11.2. The summed E-state index contributed by atoms with van der Waals surface area (Å²) >= 11 is 1.65. The molecule has 2 bridgehead atoms. The number of thioether (sulfide) groups is 1. The van der Waals surface area contributed by atoms with E-state index >= 15 is 0 Å². The zero-order chi connectivity index (χ0) is 29.2. The molecule has 2 aliphatic rings. The molecule has 2 fully saturated rings. The average Bonchev–Trinajstić information content (AvgIpc) is 3.52. The van der Waals surface area contributed by atoms with Crippen LogP contribution in [0.5, 0.6) is 0 Å². The van der Waals surface area contributed by atoms with E-state index in [0.29, 0.717) is 34.3 Å². The Morgan fingerprint density at radius 2 is 1.98 bits per heavy atom. The molecule has 4 aromatic heterocycles. The first-order valence-corrected chi connectivity index (χ1v) is 14.8. The van der Waals surface area contributed by atoms with E-state index in [1.807, 2.05) is 29.9 Å². The van der Waals surface area contributed by atoms with E-state index in [1.165, 1.54) is 16.3 Å². The fourth-order valence-corrected chi connectivity index (χ4v) is 6.31. The Morgan fingerprint density at radius 1 is 1.17 bits per heavy atom. The zero-order valence-corrected chi connectivity index (χ0v) is 23.7. The van der Waals surface area contributed by atoms with Crippen LogP contribution in [-0.4, -0.2) is 68.7 Å². The number of piperazine rings is 1. The van der Waals surface area contributed by atoms with Gasteiger partial charge in [0.15, 0.2) is 0 Å². The molecule has 4 aromatic rings. The van der Waals surface area contributed by atoms with Gasteiger partial charge in [-0.25, -0.2) is 14.5 Å². The minimum absolute atomic E-state index is 0.251. The lowest BCUT2D eigenvalue weighted by Gasteiger charge is -2.41. The smallest absolute Gasteiger partial charge is 0.312 e. The topological polar surface area (TPSA) is 109 Å². The van der Waals surface area contributed by atoms with Crippen LogP contribution in [0.25, 0.3) is 22.2 Å². The van der Waals surface area contributed by atoms with Gasteiger partial charge in [0.2, 0.25) is 0 Å². The molecule has 12 heteroatoms. The quantitative estimate of drug-likeness (QED) is 0.160. The fraction of sp³-hybridized carbons (Fsp3) is 0.300. The normalized spacial score (nSPS) is 18.9. The maximum absolute atomic E-state index is 12.8. The van der Waals surface area contributed by atoms with E-state index in [2.05, 4.69) is 38.1 Å². The van der Waals surface area contributed by atoms with Crippen molar-refractivity contribution in [2.75, 3.05) is 24.2 Å². The first-order chi connectivity index (χ1) is 20.5. The van der Waals surface area contributed by atoms with Crippen molar-refractivity contribution in [3.8, 4) is 17.2 Å². The maximum atomic E-state index is 12.8. The Hall–Kier alpha value is -4.34. The number of rotatable bonds is 9. The number of anilines is 1. The van der Waals surface area contributed by atoms with E-state index in [4.69, 9.17) is 10.4 Å². The van der Waals surface area contributed by atoms with E-state index in [0.717, 1.165) is 61.3 Å². The monoisotopic (exact) mass is 585 g/mol. The van der Waals surface area contributed by atoms with Gasteiger partial charge < -0.3 is 15.6 Å². The van der Waals surface area contributed by atoms with Gasteiger partial charge >= 0.3 is 6.55 Å². The van der Waals surface area contributed by atoms with Crippen molar-refractivity contribution in [3.63, 3.8) is 0 Å². The van der Waals surface area contributed by atoms with E-state index in [9.17, 15) is 14.0 Å². The van der Waals surface area contributed by atoms with Crippen LogP contribution in [0, 0.1) is 16.7 Å². The second kappa shape index (κ2) is 11.9. The van der Waals surface area contributed by atoms with Gasteiger partial charge in [0.25, 0.3) is 0 Å². The van der Waals surface area contributed by atoms with Crippen molar-refractivity contribution in [1.29, 1.82) is 10.7 Å². The van der Waals surface area contributed by atoms with Gasteiger partial charge in [0.1, 0.15) is 11.9 Å². The van der Waals surface area contributed by atoms with Crippen molar-refractivity contribution in [2.24, 2.45) is 0 Å². The minimum atomic E-state index is -2.75. The molecule has 0 radical (unpaired) electrons. The third-order valence-corrected chi connectivity index (χ3v) is 8.63. The number of aromatic nitrogens is 4. The van der Waals surface area contributed by atoms with Crippen LogP contribution in [-0.2, 0) is 6.54 Å². The number of nitriles is 1. The third kappa shape index (κ3) is 5.45. The molecule has 0 aliphatic carbocycles. The summed E-state index contributed by atoms with van der Waals surface area (Å²) in [6.45, 7) is -0.0691. The average molecular weight is 586 g/mol. The molecule has 9 nitrogen and oxygen atoms in total. The van der Waals surface area contributed by atoms with Crippen molar-refractivity contribution < 1.29 is 8.78 Å². The number of allylic oxidation sites excluding steroid dienone is 1. The van der Waals surface area contributed by atoms with Crippen molar-refractivity contribution >= 4 is 34.9 Å². The summed E-state index contributed by atoms with van der Waals surface area (Å²) in [5, 5.41) is 24.7. The summed E-state index contributed by atoms with van der Waals surface area (Å²) in [4.78, 5) is 14.3. The summed E-state index contributed by atoms with van der Waals surface area (Å²) in [7, 11) is 0. The van der Waals surface area contributed by atoms with Crippen molar-refractivity contribution in [3.05, 3.63) is 78.0 Å². The second-order valence-electron chi connectivity index (χ2n) is 10.4. The van der Waals surface area contributed by atoms with E-state index in [-0.39, 0.29) is 5.57 Å². The van der Waals surface area contributed by atoms with Gasteiger partial charge in [0, 0.05) is 85.0 Å². The van der Waals surface area contributed by atoms with Crippen LogP contribution in [0.2, 0.25) is 0 Å². The predicted molar refractivity (Wildman–Crippen MR) is 160 cm³/mol. The molecular formula is C30H29F2N9S. The molecule has 2 saturated heterocycles. The number of fused-ring (bicyclic) bond motifs is 3. The SMILES string of the molecule is CSc1ccc(CN2C3CCC2CN(c2ccc(-c4cc(/C(C=N)=C/NC(F)F)cn5ncc(C#N)c45)cn2)C3)cn1. The highest BCUT2D eigenvalue weighted by Gasteiger charge is 2.40. The molecule has 0 saturated carbocycles. The summed E-state index contributed by atoms with van der Waals surface area (Å²) in [6, 6.07) is 13.1. The number of nitrogens with zero attached hydrogens (tertiary/aromatic N) is 7. The fourth-order valence-electron chi connectivity index (χ4n) is 5.95. The van der Waals surface area contributed by atoms with Crippen LogP contribution in [0.4, 0.5) is 14.6 Å². The van der Waals surface area contributed by atoms with Crippen LogP contribution < -0.4 is 10.2 Å². The Kier molecular flexibility index (Phi) is 7.86. The number of hydrogen-bond donors (Lipinski definition) is 2. The molecule has 0 spiro atoms. The highest BCUT2D eigenvalue weighted by atomic mass is 32.2. The van der Waals surface area contributed by atoms with Gasteiger partial charge in [-0.3, -0.25) is 4.90 Å². The lowest BCUT2D eigenvalue weighted by atomic mass is 10.0. The van der Waals surface area contributed by atoms with Crippen LogP contribution in [0.15, 0.2) is 66.3 Å². The number of halogens is 2. The molecule has 6 rings (SSSR count). The van der Waals surface area contributed by atoms with Crippen LogP contribution in [0.1, 0.15) is 29.5 Å². The molecule has 2 atom stereocenters. The Labute approximate surface area is 246 Å². The molecule has 6 heterocycles. The van der Waals surface area contributed by atoms with Crippen molar-refractivity contribution in [2.45, 2.75) is 43.0 Å². The van der Waals surface area contributed by atoms with Gasteiger partial charge in [0.05, 0.1) is 22.3 Å². The number of alkyl halides is 2. The molecule has 42 heavy (non-hydrogen) atoms. The molecule has 0 amide bonds. The summed E-state index contributed by atoms with van der Waals surface area (Å²) < 4.78 is 27.1. The third-order valence-electron chi connectivity index (χ3n) is 7.97. The summed E-state index contributed by atoms with van der Waals surface area (Å²) in [5.41, 5.74) is 4.40. The van der Waals surface area contributed by atoms with Gasteiger partial charge in [-0.15, -0.1) is 11.8 Å². The Balaban J connectivity index is 1.25. The number of hydrogen-bond acceptors (Lipinski definition) is 9. The minimum Gasteiger partial charge on any atom is -0.353 e. The highest BCUT2D eigenvalue weighted by Crippen LogP contribution is 2.35. The first kappa shape index (κ1) is 27.8. The van der Waals surface area contributed by atoms with Gasteiger partial charge in [-0.2, -0.15) is 19.1 Å². The number of nitrogens with one attached hydrogen (secondary N) is 2. The highest BCUT2D eigenvalue weighted by molar-refractivity contribution is 7.98. The Bertz CT molecular complexity index is 1650. The zero-order valence-electron chi connectivity index (χ0n) is 22.9. The first-order valence-electron chi connectivity index (χ1n) is 13.6. The largest absolute Gasteiger partial charge is 0.353 e. The lowest BCUT2D eigenvalue weighted by molar-refractivity contribution is 0.125. The van der Waals surface area contributed by atoms with Gasteiger partial charge in [-0.05, 0) is 48.9 Å². The van der Waals surface area contributed by atoms with Crippen LogP contribution >= 0.6 is 11.8 Å². The van der Waals surface area contributed by atoms with Crippen molar-refractivity contribution in [1.82, 2.24) is 29.8 Å². The lowest BCUT2D eigenvalue weighted by Crippen LogP contribution is -2.53.